The largest absolute Gasteiger partial charge is 0.494 e. The summed E-state index contributed by atoms with van der Waals surface area (Å²) in [7, 11) is 0. The van der Waals surface area contributed by atoms with E-state index in [0.29, 0.717) is 55.5 Å². The van der Waals surface area contributed by atoms with Gasteiger partial charge in [-0.1, -0.05) is 37.4 Å². The number of unbranched alkanes of at least 4 members (excludes halogenated alkanes) is 1. The zero-order valence-electron chi connectivity index (χ0n) is 22.2. The van der Waals surface area contributed by atoms with Gasteiger partial charge in [0.05, 0.1) is 31.6 Å². The second-order valence-corrected chi connectivity index (χ2v) is 8.50. The third-order valence-electron chi connectivity index (χ3n) is 5.57. The van der Waals surface area contributed by atoms with Crippen molar-refractivity contribution in [2.45, 2.75) is 25.7 Å². The highest BCUT2D eigenvalue weighted by molar-refractivity contribution is 5.91. The van der Waals surface area contributed by atoms with Crippen molar-refractivity contribution in [3.8, 4) is 28.4 Å². The van der Waals surface area contributed by atoms with Crippen molar-refractivity contribution in [2.24, 2.45) is 0 Å². The van der Waals surface area contributed by atoms with Gasteiger partial charge in [-0.2, -0.15) is 0 Å². The molecule has 0 saturated heterocycles. The van der Waals surface area contributed by atoms with Gasteiger partial charge in [-0.15, -0.1) is 0 Å². The Morgan fingerprint density at radius 1 is 0.650 bits per heavy atom. The van der Waals surface area contributed by atoms with Gasteiger partial charge in [0.15, 0.2) is 0 Å². The van der Waals surface area contributed by atoms with E-state index in [1.165, 1.54) is 0 Å². The van der Waals surface area contributed by atoms with Crippen LogP contribution in [0.25, 0.3) is 11.1 Å². The van der Waals surface area contributed by atoms with Gasteiger partial charge in [-0.05, 0) is 78.9 Å². The second kappa shape index (κ2) is 16.2. The molecule has 0 aliphatic heterocycles. The summed E-state index contributed by atoms with van der Waals surface area (Å²) in [5.41, 5.74) is 2.34. The van der Waals surface area contributed by atoms with E-state index < -0.39 is 11.9 Å². The van der Waals surface area contributed by atoms with Gasteiger partial charge in [0.25, 0.3) is 0 Å². The van der Waals surface area contributed by atoms with Crippen molar-refractivity contribution in [2.75, 3.05) is 19.8 Å². The van der Waals surface area contributed by atoms with Gasteiger partial charge in [-0.25, -0.2) is 9.59 Å². The SMILES string of the molecule is C=COC(=O)CCCOc1ccc(-c2ccc(C(=O)Oc3ccc(OCCCCOC(=O)C=C)cc3)cc2)cc1. The fourth-order valence-corrected chi connectivity index (χ4v) is 3.50. The number of rotatable bonds is 16. The molecule has 0 amide bonds. The number of carbonyl (C=O) groups excluding carboxylic acids is 3. The van der Waals surface area contributed by atoms with Crippen molar-refractivity contribution in [3.63, 3.8) is 0 Å². The first-order valence-electron chi connectivity index (χ1n) is 12.9. The Bertz CT molecular complexity index is 1260. The van der Waals surface area contributed by atoms with Crippen LogP contribution in [0.15, 0.2) is 98.3 Å². The minimum absolute atomic E-state index is 0.262. The highest BCUT2D eigenvalue weighted by atomic mass is 16.5. The number of ether oxygens (including phenoxy) is 5. The van der Waals surface area contributed by atoms with Crippen LogP contribution in [0.4, 0.5) is 0 Å². The Morgan fingerprint density at radius 2 is 1.18 bits per heavy atom. The van der Waals surface area contributed by atoms with E-state index >= 15 is 0 Å². The Morgan fingerprint density at radius 3 is 1.77 bits per heavy atom. The van der Waals surface area contributed by atoms with Crippen LogP contribution in [0.1, 0.15) is 36.0 Å². The van der Waals surface area contributed by atoms with E-state index in [-0.39, 0.29) is 12.4 Å². The number of carbonyl (C=O) groups is 3. The van der Waals surface area contributed by atoms with Crippen LogP contribution in [0.3, 0.4) is 0 Å². The molecule has 0 aliphatic carbocycles. The maximum absolute atomic E-state index is 12.6. The van der Waals surface area contributed by atoms with Crippen molar-refractivity contribution in [1.29, 1.82) is 0 Å². The monoisotopic (exact) mass is 544 g/mol. The number of benzene rings is 3. The number of hydrogen-bond donors (Lipinski definition) is 0. The maximum Gasteiger partial charge on any atom is 0.343 e. The lowest BCUT2D eigenvalue weighted by Gasteiger charge is -2.09. The van der Waals surface area contributed by atoms with Crippen LogP contribution < -0.4 is 14.2 Å². The highest BCUT2D eigenvalue weighted by Crippen LogP contribution is 2.24. The molecule has 0 fully saturated rings. The highest BCUT2D eigenvalue weighted by Gasteiger charge is 2.10. The van der Waals surface area contributed by atoms with Gasteiger partial charge in [0.2, 0.25) is 0 Å². The van der Waals surface area contributed by atoms with E-state index in [2.05, 4.69) is 17.9 Å². The smallest absolute Gasteiger partial charge is 0.343 e. The van der Waals surface area contributed by atoms with Gasteiger partial charge in [-0.3, -0.25) is 4.79 Å². The minimum atomic E-state index is -0.463. The molecule has 0 N–H and O–H groups in total. The van der Waals surface area contributed by atoms with Crippen LogP contribution in [-0.2, 0) is 19.1 Å². The summed E-state index contributed by atoms with van der Waals surface area (Å²) >= 11 is 0. The predicted octanol–water partition coefficient (Wildman–Crippen LogP) is 6.31. The fourth-order valence-electron chi connectivity index (χ4n) is 3.50. The summed E-state index contributed by atoms with van der Waals surface area (Å²) in [6.07, 6.45) is 4.47. The first-order chi connectivity index (χ1) is 19.5. The molecule has 0 radical (unpaired) electrons. The number of hydrogen-bond acceptors (Lipinski definition) is 8. The molecular weight excluding hydrogens is 512 g/mol. The molecular formula is C32H32O8. The quantitative estimate of drug-likeness (QED) is 0.0681. The normalized spacial score (nSPS) is 10.2. The summed E-state index contributed by atoms with van der Waals surface area (Å²) in [5.74, 6) is 0.527. The molecule has 8 heteroatoms. The molecule has 208 valence electrons. The molecule has 0 spiro atoms. The maximum atomic E-state index is 12.6. The molecule has 40 heavy (non-hydrogen) atoms. The van der Waals surface area contributed by atoms with Crippen molar-refractivity contribution >= 4 is 17.9 Å². The molecule has 0 aromatic heterocycles. The summed E-state index contributed by atoms with van der Waals surface area (Å²) in [6.45, 7) is 7.89. The first-order valence-corrected chi connectivity index (χ1v) is 12.9. The zero-order chi connectivity index (χ0) is 28.6. The molecule has 0 bridgehead atoms. The van der Waals surface area contributed by atoms with E-state index in [4.69, 9.17) is 18.9 Å². The van der Waals surface area contributed by atoms with E-state index in [1.807, 2.05) is 36.4 Å². The van der Waals surface area contributed by atoms with Crippen LogP contribution in [0.2, 0.25) is 0 Å². The van der Waals surface area contributed by atoms with E-state index in [1.54, 1.807) is 36.4 Å². The van der Waals surface area contributed by atoms with Gasteiger partial charge >= 0.3 is 17.9 Å². The number of esters is 3. The average Bonchev–Trinajstić information content (AvgIpc) is 2.98. The Kier molecular flexibility index (Phi) is 12.0. The Balaban J connectivity index is 1.41. The standard InChI is InChI=1S/C32H32O8/c1-3-30(33)39-22-6-5-21-37-28-17-19-29(20-18-28)40-32(35)26-11-9-24(10-12-26)25-13-15-27(16-14-25)38-23-7-8-31(34)36-4-2/h3-4,9-20H,1-2,5-8,21-23H2. The van der Waals surface area contributed by atoms with Crippen LogP contribution in [0.5, 0.6) is 17.2 Å². The molecule has 0 heterocycles. The Labute approximate surface area is 233 Å². The van der Waals surface area contributed by atoms with Gasteiger partial charge in [0, 0.05) is 12.5 Å². The summed E-state index contributed by atoms with van der Waals surface area (Å²) in [4.78, 5) is 34.9. The molecule has 0 saturated carbocycles. The van der Waals surface area contributed by atoms with E-state index in [9.17, 15) is 14.4 Å². The molecule has 3 rings (SSSR count). The van der Waals surface area contributed by atoms with Crippen molar-refractivity contribution in [1.82, 2.24) is 0 Å². The third kappa shape index (κ3) is 10.1. The molecule has 0 atom stereocenters. The van der Waals surface area contributed by atoms with Gasteiger partial charge < -0.3 is 23.7 Å². The first kappa shape index (κ1) is 29.7. The fraction of sp³-hybridized carbons (Fsp3) is 0.219. The Hall–Kier alpha value is -4.85. The van der Waals surface area contributed by atoms with Crippen molar-refractivity contribution in [3.05, 3.63) is 104 Å². The van der Waals surface area contributed by atoms with Crippen molar-refractivity contribution < 1.29 is 38.1 Å². The lowest BCUT2D eigenvalue weighted by atomic mass is 10.0. The minimum Gasteiger partial charge on any atom is -0.494 e. The van der Waals surface area contributed by atoms with Crippen LogP contribution in [-0.4, -0.2) is 37.7 Å². The van der Waals surface area contributed by atoms with E-state index in [0.717, 1.165) is 29.9 Å². The molecule has 0 aliphatic rings. The third-order valence-corrected chi connectivity index (χ3v) is 5.57. The summed E-state index contributed by atoms with van der Waals surface area (Å²) in [5, 5.41) is 0. The second-order valence-electron chi connectivity index (χ2n) is 8.50. The zero-order valence-corrected chi connectivity index (χ0v) is 22.2. The molecule has 3 aromatic rings. The van der Waals surface area contributed by atoms with Crippen LogP contribution in [0, 0.1) is 0 Å². The predicted molar refractivity (Wildman–Crippen MR) is 150 cm³/mol. The topological polar surface area (TPSA) is 97.4 Å². The van der Waals surface area contributed by atoms with Crippen LogP contribution >= 0.6 is 0 Å². The lowest BCUT2D eigenvalue weighted by Crippen LogP contribution is -2.08. The average molecular weight is 545 g/mol. The summed E-state index contributed by atoms with van der Waals surface area (Å²) < 4.78 is 26.4. The lowest BCUT2D eigenvalue weighted by molar-refractivity contribution is -0.139. The molecule has 3 aromatic carbocycles. The van der Waals surface area contributed by atoms with Gasteiger partial charge in [0.1, 0.15) is 17.2 Å². The summed E-state index contributed by atoms with van der Waals surface area (Å²) in [6, 6.07) is 21.5. The molecule has 0 unspecified atom stereocenters. The molecule has 8 nitrogen and oxygen atoms in total.